The molecule has 1 amide bonds. The molecule has 2 aromatic rings. The van der Waals surface area contributed by atoms with E-state index in [0.717, 1.165) is 0 Å². The van der Waals surface area contributed by atoms with Gasteiger partial charge >= 0.3 is 0 Å². The number of hydroxylamine groups is 1. The van der Waals surface area contributed by atoms with Gasteiger partial charge < -0.3 is 4.74 Å². The second-order valence-corrected chi connectivity index (χ2v) is 9.74. The Hall–Kier alpha value is -2.57. The number of nitrogens with one attached hydrogen (secondary N) is 1. The molecule has 2 N–H and O–H groups in total. The topological polar surface area (TPSA) is 118 Å². The van der Waals surface area contributed by atoms with Crippen LogP contribution in [-0.2, 0) is 25.8 Å². The van der Waals surface area contributed by atoms with E-state index >= 15 is 0 Å². The molecule has 12 heteroatoms. The molecule has 1 aliphatic heterocycles. The highest BCUT2D eigenvalue weighted by Gasteiger charge is 2.52. The molecule has 0 aliphatic carbocycles. The fraction of sp³-hybridized carbons (Fsp3) is 0.450. The fourth-order valence-corrected chi connectivity index (χ4v) is 5.40. The van der Waals surface area contributed by atoms with E-state index in [9.17, 15) is 26.4 Å². The normalized spacial score (nSPS) is 16.5. The smallest absolute Gasteiger partial charge is 0.276 e. The maximum atomic E-state index is 13.2. The molecule has 3 rings (SSSR count). The van der Waals surface area contributed by atoms with Gasteiger partial charge in [0.15, 0.2) is 27.1 Å². The second kappa shape index (κ2) is 9.51. The summed E-state index contributed by atoms with van der Waals surface area (Å²) >= 11 is 0. The fourth-order valence-electron chi connectivity index (χ4n) is 3.46. The Morgan fingerprint density at radius 3 is 2.28 bits per heavy atom. The first kappa shape index (κ1) is 24.1. The summed E-state index contributed by atoms with van der Waals surface area (Å²) in [6, 6.07) is 5.54. The van der Waals surface area contributed by atoms with Gasteiger partial charge in [0, 0.05) is 37.6 Å². The standard InChI is InChI=1S/C20H22F3N3O5S/c21-13-20(22,23)6-5-14-11-24-17(25-12-14)15-1-3-16(4-2-15)32(29,30)19(18(27)26-28)7-9-31-10-8-19/h1-4,11-12,28H,5-10,13H2,(H,26,27). The summed E-state index contributed by atoms with van der Waals surface area (Å²) in [6.45, 7) is -1.61. The van der Waals surface area contributed by atoms with Gasteiger partial charge in [-0.1, -0.05) is 0 Å². The molecule has 174 valence electrons. The summed E-state index contributed by atoms with van der Waals surface area (Å²) in [5.74, 6) is -4.17. The molecule has 0 saturated carbocycles. The van der Waals surface area contributed by atoms with Crippen molar-refractivity contribution in [3.05, 3.63) is 42.2 Å². The zero-order valence-electron chi connectivity index (χ0n) is 16.9. The minimum Gasteiger partial charge on any atom is -0.381 e. The molecule has 1 aromatic carbocycles. The second-order valence-electron chi connectivity index (χ2n) is 7.48. The number of hydrogen-bond donors (Lipinski definition) is 2. The highest BCUT2D eigenvalue weighted by atomic mass is 32.2. The monoisotopic (exact) mass is 473 g/mol. The Labute approximate surface area is 182 Å². The average Bonchev–Trinajstić information content (AvgIpc) is 2.83. The lowest BCUT2D eigenvalue weighted by Gasteiger charge is -2.34. The molecule has 1 aromatic heterocycles. The van der Waals surface area contributed by atoms with Crippen LogP contribution in [0.15, 0.2) is 41.6 Å². The number of alkyl halides is 3. The van der Waals surface area contributed by atoms with Crippen molar-refractivity contribution in [1.29, 1.82) is 0 Å². The van der Waals surface area contributed by atoms with Gasteiger partial charge in [-0.15, -0.1) is 0 Å². The summed E-state index contributed by atoms with van der Waals surface area (Å²) in [7, 11) is -4.16. The molecule has 0 atom stereocenters. The van der Waals surface area contributed by atoms with E-state index < -0.39 is 39.5 Å². The number of sulfone groups is 1. The Kier molecular flexibility index (Phi) is 7.16. The van der Waals surface area contributed by atoms with Gasteiger partial charge in [-0.25, -0.2) is 37.0 Å². The van der Waals surface area contributed by atoms with Crippen molar-refractivity contribution in [2.75, 3.05) is 19.9 Å². The Bertz CT molecular complexity index is 1040. The number of ether oxygens (including phenoxy) is 1. The van der Waals surface area contributed by atoms with Crippen LogP contribution in [0.2, 0.25) is 0 Å². The van der Waals surface area contributed by atoms with E-state index in [4.69, 9.17) is 9.94 Å². The lowest BCUT2D eigenvalue weighted by Crippen LogP contribution is -2.54. The van der Waals surface area contributed by atoms with Crippen LogP contribution in [0.25, 0.3) is 11.4 Å². The third kappa shape index (κ3) is 4.76. The SMILES string of the molecule is O=C(NO)C1(S(=O)(=O)c2ccc(-c3ncc(CCC(F)(F)CF)cn3)cc2)CCOCC1. The van der Waals surface area contributed by atoms with Gasteiger partial charge in [0.25, 0.3) is 11.8 Å². The largest absolute Gasteiger partial charge is 0.381 e. The average molecular weight is 473 g/mol. The number of nitrogens with zero attached hydrogens (tertiary/aromatic N) is 2. The predicted octanol–water partition coefficient (Wildman–Crippen LogP) is 2.51. The van der Waals surface area contributed by atoms with Gasteiger partial charge in [-0.2, -0.15) is 0 Å². The van der Waals surface area contributed by atoms with Gasteiger partial charge in [-0.05, 0) is 49.1 Å². The van der Waals surface area contributed by atoms with Gasteiger partial charge in [0.2, 0.25) is 0 Å². The van der Waals surface area contributed by atoms with Gasteiger partial charge in [0.1, 0.15) is 0 Å². The van der Waals surface area contributed by atoms with E-state index in [0.29, 0.717) is 11.1 Å². The number of carbonyl (C=O) groups is 1. The number of aromatic nitrogens is 2. The maximum Gasteiger partial charge on any atom is 0.276 e. The van der Waals surface area contributed by atoms with E-state index in [1.165, 1.54) is 42.1 Å². The van der Waals surface area contributed by atoms with Crippen molar-refractivity contribution >= 4 is 15.7 Å². The van der Waals surface area contributed by atoms with Gasteiger partial charge in [-0.3, -0.25) is 10.0 Å². The highest BCUT2D eigenvalue weighted by molar-refractivity contribution is 7.93. The Morgan fingerprint density at radius 1 is 1.16 bits per heavy atom. The molecular weight excluding hydrogens is 451 g/mol. The van der Waals surface area contributed by atoms with Crippen molar-refractivity contribution in [1.82, 2.24) is 15.4 Å². The lowest BCUT2D eigenvalue weighted by molar-refractivity contribution is -0.134. The summed E-state index contributed by atoms with van der Waals surface area (Å²) < 4.78 is 68.1. The number of aryl methyl sites for hydroxylation is 1. The predicted molar refractivity (Wildman–Crippen MR) is 107 cm³/mol. The molecule has 32 heavy (non-hydrogen) atoms. The van der Waals surface area contributed by atoms with Crippen molar-refractivity contribution in [2.24, 2.45) is 0 Å². The third-order valence-electron chi connectivity index (χ3n) is 5.43. The molecule has 0 unspecified atom stereocenters. The van der Waals surface area contributed by atoms with Crippen LogP contribution >= 0.6 is 0 Å². The Morgan fingerprint density at radius 2 is 1.75 bits per heavy atom. The first-order chi connectivity index (χ1) is 15.1. The van der Waals surface area contributed by atoms with Crippen LogP contribution in [0.1, 0.15) is 24.8 Å². The third-order valence-corrected chi connectivity index (χ3v) is 7.95. The van der Waals surface area contributed by atoms with Crippen molar-refractivity contribution in [3.8, 4) is 11.4 Å². The van der Waals surface area contributed by atoms with E-state index in [-0.39, 0.29) is 43.2 Å². The number of halogens is 3. The van der Waals surface area contributed by atoms with Crippen LogP contribution in [0.3, 0.4) is 0 Å². The first-order valence-electron chi connectivity index (χ1n) is 9.77. The first-order valence-corrected chi connectivity index (χ1v) is 11.3. The summed E-state index contributed by atoms with van der Waals surface area (Å²) in [5.41, 5.74) is 2.34. The van der Waals surface area contributed by atoms with Crippen LogP contribution in [0, 0.1) is 0 Å². The summed E-state index contributed by atoms with van der Waals surface area (Å²) in [4.78, 5) is 20.4. The van der Waals surface area contributed by atoms with Crippen molar-refractivity contribution in [2.45, 2.75) is 41.2 Å². The number of carbonyl (C=O) groups excluding carboxylic acids is 1. The molecule has 0 bridgehead atoms. The molecule has 2 heterocycles. The molecule has 8 nitrogen and oxygen atoms in total. The highest BCUT2D eigenvalue weighted by Crippen LogP contribution is 2.35. The van der Waals surface area contributed by atoms with E-state index in [2.05, 4.69) is 9.97 Å². The number of benzene rings is 1. The minimum absolute atomic E-state index is 0.0577. The van der Waals surface area contributed by atoms with Crippen molar-refractivity contribution < 1.29 is 36.3 Å². The summed E-state index contributed by atoms with van der Waals surface area (Å²) in [6.07, 6.45) is 1.75. The van der Waals surface area contributed by atoms with Crippen molar-refractivity contribution in [3.63, 3.8) is 0 Å². The van der Waals surface area contributed by atoms with Gasteiger partial charge in [0.05, 0.1) is 4.90 Å². The molecule has 1 fully saturated rings. The molecular formula is C20H22F3N3O5S. The van der Waals surface area contributed by atoms with Crippen LogP contribution in [-0.4, -0.2) is 60.1 Å². The molecule has 0 radical (unpaired) electrons. The van der Waals surface area contributed by atoms with Crippen LogP contribution in [0.4, 0.5) is 13.2 Å². The van der Waals surface area contributed by atoms with Crippen LogP contribution < -0.4 is 5.48 Å². The number of rotatable bonds is 8. The number of hydrogen-bond acceptors (Lipinski definition) is 7. The van der Waals surface area contributed by atoms with E-state index in [1.54, 1.807) is 0 Å². The Balaban J connectivity index is 1.80. The zero-order chi connectivity index (χ0) is 23.4. The molecule has 1 saturated heterocycles. The quantitative estimate of drug-likeness (QED) is 0.447. The van der Waals surface area contributed by atoms with E-state index in [1.807, 2.05) is 0 Å². The maximum absolute atomic E-state index is 13.2. The summed E-state index contributed by atoms with van der Waals surface area (Å²) in [5, 5.41) is 9.09. The molecule has 1 aliphatic rings. The number of amides is 1. The lowest BCUT2D eigenvalue weighted by atomic mass is 9.98. The molecule has 0 spiro atoms. The zero-order valence-corrected chi connectivity index (χ0v) is 17.7. The van der Waals surface area contributed by atoms with Crippen LogP contribution in [0.5, 0.6) is 0 Å². The minimum atomic E-state index is -4.16.